The van der Waals surface area contributed by atoms with Gasteiger partial charge in [0.25, 0.3) is 0 Å². The third-order valence-electron chi connectivity index (χ3n) is 3.50. The summed E-state index contributed by atoms with van der Waals surface area (Å²) in [7, 11) is 0. The Kier molecular flexibility index (Phi) is 6.82. The van der Waals surface area contributed by atoms with Gasteiger partial charge in [-0.1, -0.05) is 55.5 Å². The first-order valence-electron chi connectivity index (χ1n) is 7.85. The molecule has 0 bridgehead atoms. The number of nitrogens with one attached hydrogen (secondary N) is 1. The van der Waals surface area contributed by atoms with E-state index in [4.69, 9.17) is 4.74 Å². The number of rotatable bonds is 9. The SMILES string of the molecule is CCNCc1ccccc1OCCCCc1ccccc1. The lowest BCUT2D eigenvalue weighted by atomic mass is 10.1. The summed E-state index contributed by atoms with van der Waals surface area (Å²) in [6.45, 7) is 4.76. The highest BCUT2D eigenvalue weighted by Gasteiger charge is 2.02. The molecule has 2 aromatic rings. The Bertz CT molecular complexity index is 510. The number of benzene rings is 2. The smallest absolute Gasteiger partial charge is 0.123 e. The van der Waals surface area contributed by atoms with Crippen LogP contribution in [-0.2, 0) is 13.0 Å². The van der Waals surface area contributed by atoms with Crippen LogP contribution < -0.4 is 10.1 Å². The summed E-state index contributed by atoms with van der Waals surface area (Å²) in [4.78, 5) is 0. The second-order valence-corrected chi connectivity index (χ2v) is 5.18. The van der Waals surface area contributed by atoms with Gasteiger partial charge in [0, 0.05) is 12.1 Å². The maximum absolute atomic E-state index is 5.93. The summed E-state index contributed by atoms with van der Waals surface area (Å²) >= 11 is 0. The molecule has 0 spiro atoms. The lowest BCUT2D eigenvalue weighted by Crippen LogP contribution is -2.13. The standard InChI is InChI=1S/C19H25NO/c1-2-20-16-18-13-6-7-14-19(18)21-15-9-8-12-17-10-4-3-5-11-17/h3-7,10-11,13-14,20H,2,8-9,12,15-16H2,1H3. The Morgan fingerprint density at radius 3 is 2.48 bits per heavy atom. The maximum atomic E-state index is 5.93. The summed E-state index contributed by atoms with van der Waals surface area (Å²) < 4.78 is 5.93. The number of ether oxygens (including phenoxy) is 1. The number of hydrogen-bond donors (Lipinski definition) is 1. The Balaban J connectivity index is 1.71. The summed E-state index contributed by atoms with van der Waals surface area (Å²) in [5.74, 6) is 1.01. The molecule has 0 aromatic heterocycles. The minimum Gasteiger partial charge on any atom is -0.493 e. The highest BCUT2D eigenvalue weighted by molar-refractivity contribution is 5.33. The molecule has 21 heavy (non-hydrogen) atoms. The summed E-state index contributed by atoms with van der Waals surface area (Å²) in [6, 6.07) is 18.9. The van der Waals surface area contributed by atoms with Gasteiger partial charge < -0.3 is 10.1 Å². The Hall–Kier alpha value is -1.80. The van der Waals surface area contributed by atoms with Crippen LogP contribution in [0.5, 0.6) is 5.75 Å². The molecule has 112 valence electrons. The number of aryl methyl sites for hydroxylation is 1. The van der Waals surface area contributed by atoms with Crippen molar-refractivity contribution >= 4 is 0 Å². The average molecular weight is 283 g/mol. The fourth-order valence-electron chi connectivity index (χ4n) is 2.31. The predicted molar refractivity (Wildman–Crippen MR) is 88.7 cm³/mol. The van der Waals surface area contributed by atoms with E-state index in [1.54, 1.807) is 0 Å². The molecule has 0 unspecified atom stereocenters. The van der Waals surface area contributed by atoms with Crippen LogP contribution in [0.2, 0.25) is 0 Å². The zero-order valence-corrected chi connectivity index (χ0v) is 12.8. The Morgan fingerprint density at radius 2 is 1.67 bits per heavy atom. The molecule has 0 aliphatic heterocycles. The van der Waals surface area contributed by atoms with Crippen molar-refractivity contribution in [1.29, 1.82) is 0 Å². The molecule has 0 aliphatic carbocycles. The van der Waals surface area contributed by atoms with Gasteiger partial charge in [0.05, 0.1) is 6.61 Å². The quantitative estimate of drug-likeness (QED) is 0.696. The second-order valence-electron chi connectivity index (χ2n) is 5.18. The van der Waals surface area contributed by atoms with Crippen LogP contribution in [0.1, 0.15) is 30.9 Å². The molecule has 0 atom stereocenters. The molecule has 2 rings (SSSR count). The first-order valence-corrected chi connectivity index (χ1v) is 7.85. The van der Waals surface area contributed by atoms with E-state index in [0.717, 1.165) is 38.3 Å². The van der Waals surface area contributed by atoms with E-state index in [1.807, 2.05) is 6.07 Å². The van der Waals surface area contributed by atoms with E-state index in [0.29, 0.717) is 0 Å². The highest BCUT2D eigenvalue weighted by Crippen LogP contribution is 2.18. The normalized spacial score (nSPS) is 10.5. The van der Waals surface area contributed by atoms with Crippen LogP contribution in [-0.4, -0.2) is 13.2 Å². The van der Waals surface area contributed by atoms with Crippen LogP contribution >= 0.6 is 0 Å². The van der Waals surface area contributed by atoms with Gasteiger partial charge in [-0.25, -0.2) is 0 Å². The predicted octanol–water partition coefficient (Wildman–Crippen LogP) is 4.20. The van der Waals surface area contributed by atoms with E-state index in [1.165, 1.54) is 17.5 Å². The van der Waals surface area contributed by atoms with E-state index in [-0.39, 0.29) is 0 Å². The first-order chi connectivity index (χ1) is 10.4. The molecular formula is C19H25NO. The van der Waals surface area contributed by atoms with Crippen molar-refractivity contribution < 1.29 is 4.74 Å². The topological polar surface area (TPSA) is 21.3 Å². The summed E-state index contributed by atoms with van der Waals surface area (Å²) in [6.07, 6.45) is 3.38. The van der Waals surface area contributed by atoms with Crippen molar-refractivity contribution in [3.63, 3.8) is 0 Å². The molecule has 0 saturated heterocycles. The molecule has 2 nitrogen and oxygen atoms in total. The summed E-state index contributed by atoms with van der Waals surface area (Å²) in [5, 5.41) is 3.35. The van der Waals surface area contributed by atoms with Crippen molar-refractivity contribution in [2.75, 3.05) is 13.2 Å². The molecule has 2 heteroatoms. The molecule has 2 aromatic carbocycles. The van der Waals surface area contributed by atoms with Crippen LogP contribution in [0.3, 0.4) is 0 Å². The molecule has 0 heterocycles. The number of para-hydroxylation sites is 1. The largest absolute Gasteiger partial charge is 0.493 e. The van der Waals surface area contributed by atoms with Crippen LogP contribution in [0, 0.1) is 0 Å². The summed E-state index contributed by atoms with van der Waals surface area (Å²) in [5.41, 5.74) is 2.65. The monoisotopic (exact) mass is 283 g/mol. The molecule has 0 fully saturated rings. The van der Waals surface area contributed by atoms with Gasteiger partial charge >= 0.3 is 0 Å². The Morgan fingerprint density at radius 1 is 0.905 bits per heavy atom. The van der Waals surface area contributed by atoms with Crippen LogP contribution in [0.4, 0.5) is 0 Å². The molecule has 0 amide bonds. The average Bonchev–Trinajstić information content (AvgIpc) is 2.54. The number of hydrogen-bond acceptors (Lipinski definition) is 2. The minimum atomic E-state index is 0.788. The van der Waals surface area contributed by atoms with Gasteiger partial charge in [0.2, 0.25) is 0 Å². The van der Waals surface area contributed by atoms with Crippen molar-refractivity contribution in [1.82, 2.24) is 5.32 Å². The molecule has 1 N–H and O–H groups in total. The van der Waals surface area contributed by atoms with Gasteiger partial charge in [-0.05, 0) is 37.4 Å². The highest BCUT2D eigenvalue weighted by atomic mass is 16.5. The lowest BCUT2D eigenvalue weighted by molar-refractivity contribution is 0.303. The van der Waals surface area contributed by atoms with Crippen molar-refractivity contribution in [2.45, 2.75) is 32.7 Å². The van der Waals surface area contributed by atoms with Gasteiger partial charge in [-0.15, -0.1) is 0 Å². The van der Waals surface area contributed by atoms with Crippen molar-refractivity contribution in [2.24, 2.45) is 0 Å². The molecular weight excluding hydrogens is 258 g/mol. The van der Waals surface area contributed by atoms with Crippen LogP contribution in [0.25, 0.3) is 0 Å². The first kappa shape index (κ1) is 15.6. The zero-order chi connectivity index (χ0) is 14.8. The fraction of sp³-hybridized carbons (Fsp3) is 0.368. The van der Waals surface area contributed by atoms with Gasteiger partial charge in [0.15, 0.2) is 0 Å². The van der Waals surface area contributed by atoms with E-state index in [9.17, 15) is 0 Å². The Labute approximate surface area is 128 Å². The third-order valence-corrected chi connectivity index (χ3v) is 3.50. The van der Waals surface area contributed by atoms with Gasteiger partial charge in [-0.2, -0.15) is 0 Å². The van der Waals surface area contributed by atoms with Gasteiger partial charge in [-0.3, -0.25) is 0 Å². The van der Waals surface area contributed by atoms with E-state index >= 15 is 0 Å². The van der Waals surface area contributed by atoms with Crippen molar-refractivity contribution in [3.8, 4) is 5.75 Å². The van der Waals surface area contributed by atoms with Crippen LogP contribution in [0.15, 0.2) is 54.6 Å². The lowest BCUT2D eigenvalue weighted by Gasteiger charge is -2.11. The zero-order valence-electron chi connectivity index (χ0n) is 12.8. The number of unbranched alkanes of at least 4 members (excludes halogenated alkanes) is 1. The fourth-order valence-corrected chi connectivity index (χ4v) is 2.31. The second kappa shape index (κ2) is 9.19. The van der Waals surface area contributed by atoms with Crippen molar-refractivity contribution in [3.05, 3.63) is 65.7 Å². The molecule has 0 saturated carbocycles. The van der Waals surface area contributed by atoms with Gasteiger partial charge in [0.1, 0.15) is 5.75 Å². The van der Waals surface area contributed by atoms with E-state index < -0.39 is 0 Å². The minimum absolute atomic E-state index is 0.788. The molecule has 0 radical (unpaired) electrons. The molecule has 0 aliphatic rings. The van der Waals surface area contributed by atoms with E-state index in [2.05, 4.69) is 60.8 Å². The maximum Gasteiger partial charge on any atom is 0.123 e. The third kappa shape index (κ3) is 5.60.